The van der Waals surface area contributed by atoms with E-state index in [2.05, 4.69) is 5.32 Å². The minimum Gasteiger partial charge on any atom is -0.491 e. The standard InChI is InChI=1S/C19H23NO3/c1-3-22-12-13-23-18-10-8-17(9-11-18)19(21)20-14-16-6-4-15(2)5-7-16/h4-11H,3,12-14H2,1-2H3,(H,20,21). The summed E-state index contributed by atoms with van der Waals surface area (Å²) in [6.45, 7) is 6.27. The van der Waals surface area contributed by atoms with Gasteiger partial charge < -0.3 is 14.8 Å². The van der Waals surface area contributed by atoms with Gasteiger partial charge in [0.15, 0.2) is 0 Å². The first-order valence-electron chi connectivity index (χ1n) is 7.83. The lowest BCUT2D eigenvalue weighted by Crippen LogP contribution is -2.22. The summed E-state index contributed by atoms with van der Waals surface area (Å²) in [6.07, 6.45) is 0. The third-order valence-electron chi connectivity index (χ3n) is 3.39. The summed E-state index contributed by atoms with van der Waals surface area (Å²) in [5, 5.41) is 2.91. The number of aryl methyl sites for hydroxylation is 1. The third kappa shape index (κ3) is 5.75. The quantitative estimate of drug-likeness (QED) is 0.760. The summed E-state index contributed by atoms with van der Waals surface area (Å²) in [6, 6.07) is 15.2. The van der Waals surface area contributed by atoms with E-state index in [1.165, 1.54) is 5.56 Å². The number of carbonyl (C=O) groups excluding carboxylic acids is 1. The molecule has 0 fully saturated rings. The second kappa shape index (κ2) is 8.96. The molecule has 23 heavy (non-hydrogen) atoms. The summed E-state index contributed by atoms with van der Waals surface area (Å²) in [7, 11) is 0. The molecule has 4 nitrogen and oxygen atoms in total. The first-order valence-corrected chi connectivity index (χ1v) is 7.83. The molecule has 0 aliphatic heterocycles. The molecule has 0 saturated heterocycles. The molecule has 0 aliphatic rings. The lowest BCUT2D eigenvalue weighted by atomic mass is 10.1. The molecule has 0 heterocycles. The number of carbonyl (C=O) groups is 1. The second-order valence-corrected chi connectivity index (χ2v) is 5.24. The molecule has 0 atom stereocenters. The predicted octanol–water partition coefficient (Wildman–Crippen LogP) is 3.34. The number of rotatable bonds is 8. The van der Waals surface area contributed by atoms with Crippen molar-refractivity contribution >= 4 is 5.91 Å². The maximum Gasteiger partial charge on any atom is 0.251 e. The maximum atomic E-state index is 12.1. The first kappa shape index (κ1) is 17.0. The summed E-state index contributed by atoms with van der Waals surface area (Å²) in [5.41, 5.74) is 2.91. The van der Waals surface area contributed by atoms with Gasteiger partial charge in [0.25, 0.3) is 5.91 Å². The van der Waals surface area contributed by atoms with Gasteiger partial charge in [-0.3, -0.25) is 4.79 Å². The van der Waals surface area contributed by atoms with Gasteiger partial charge in [-0.1, -0.05) is 29.8 Å². The molecule has 0 radical (unpaired) electrons. The number of ether oxygens (including phenoxy) is 2. The Labute approximate surface area is 137 Å². The largest absolute Gasteiger partial charge is 0.491 e. The zero-order chi connectivity index (χ0) is 16.5. The van der Waals surface area contributed by atoms with E-state index in [1.807, 2.05) is 38.1 Å². The van der Waals surface area contributed by atoms with Gasteiger partial charge in [-0.25, -0.2) is 0 Å². The van der Waals surface area contributed by atoms with Crippen molar-refractivity contribution in [3.8, 4) is 5.75 Å². The Morgan fingerprint density at radius 2 is 1.70 bits per heavy atom. The van der Waals surface area contributed by atoms with Crippen molar-refractivity contribution in [3.63, 3.8) is 0 Å². The van der Waals surface area contributed by atoms with E-state index in [9.17, 15) is 4.79 Å². The molecule has 2 aromatic rings. The van der Waals surface area contributed by atoms with Crippen LogP contribution >= 0.6 is 0 Å². The summed E-state index contributed by atoms with van der Waals surface area (Å²) < 4.78 is 10.7. The van der Waals surface area contributed by atoms with E-state index < -0.39 is 0 Å². The van der Waals surface area contributed by atoms with Gasteiger partial charge >= 0.3 is 0 Å². The van der Waals surface area contributed by atoms with Crippen LogP contribution in [0.25, 0.3) is 0 Å². The Morgan fingerprint density at radius 3 is 2.35 bits per heavy atom. The number of hydrogen-bond donors (Lipinski definition) is 1. The molecular formula is C19H23NO3. The van der Waals surface area contributed by atoms with Crippen LogP contribution < -0.4 is 10.1 Å². The molecule has 0 bridgehead atoms. The van der Waals surface area contributed by atoms with E-state index in [4.69, 9.17) is 9.47 Å². The van der Waals surface area contributed by atoms with Crippen molar-refractivity contribution in [1.82, 2.24) is 5.32 Å². The summed E-state index contributed by atoms with van der Waals surface area (Å²) in [4.78, 5) is 12.1. The highest BCUT2D eigenvalue weighted by Gasteiger charge is 2.05. The Morgan fingerprint density at radius 1 is 1.00 bits per heavy atom. The van der Waals surface area contributed by atoms with Crippen molar-refractivity contribution < 1.29 is 14.3 Å². The first-order chi connectivity index (χ1) is 11.2. The fraction of sp³-hybridized carbons (Fsp3) is 0.316. The number of nitrogens with one attached hydrogen (secondary N) is 1. The molecule has 2 aromatic carbocycles. The van der Waals surface area contributed by atoms with Crippen molar-refractivity contribution in [3.05, 3.63) is 65.2 Å². The van der Waals surface area contributed by atoms with Crippen molar-refractivity contribution in [2.45, 2.75) is 20.4 Å². The van der Waals surface area contributed by atoms with Crippen LogP contribution in [0.1, 0.15) is 28.4 Å². The van der Waals surface area contributed by atoms with Crippen molar-refractivity contribution in [2.75, 3.05) is 19.8 Å². The lowest BCUT2D eigenvalue weighted by Gasteiger charge is -2.08. The Bertz CT molecular complexity index is 606. The van der Waals surface area contributed by atoms with Gasteiger partial charge in [0.05, 0.1) is 6.61 Å². The molecule has 122 valence electrons. The van der Waals surface area contributed by atoms with Gasteiger partial charge in [-0.15, -0.1) is 0 Å². The molecule has 1 N–H and O–H groups in total. The number of hydrogen-bond acceptors (Lipinski definition) is 3. The van der Waals surface area contributed by atoms with Gasteiger partial charge in [-0.2, -0.15) is 0 Å². The van der Waals surface area contributed by atoms with Crippen LogP contribution in [0.2, 0.25) is 0 Å². The van der Waals surface area contributed by atoms with E-state index in [1.54, 1.807) is 24.3 Å². The molecule has 0 aliphatic carbocycles. The minimum atomic E-state index is -0.0913. The van der Waals surface area contributed by atoms with Crippen molar-refractivity contribution in [2.24, 2.45) is 0 Å². The van der Waals surface area contributed by atoms with E-state index in [0.29, 0.717) is 31.9 Å². The molecule has 2 rings (SSSR count). The van der Waals surface area contributed by atoms with Gasteiger partial charge in [0, 0.05) is 18.7 Å². The van der Waals surface area contributed by atoms with Crippen LogP contribution in [0.15, 0.2) is 48.5 Å². The molecule has 1 amide bonds. The smallest absolute Gasteiger partial charge is 0.251 e. The summed E-state index contributed by atoms with van der Waals surface area (Å²) >= 11 is 0. The zero-order valence-electron chi connectivity index (χ0n) is 13.7. The molecule has 0 unspecified atom stereocenters. The van der Waals surface area contributed by atoms with E-state index >= 15 is 0 Å². The van der Waals surface area contributed by atoms with Crippen LogP contribution in [0, 0.1) is 6.92 Å². The molecule has 0 spiro atoms. The lowest BCUT2D eigenvalue weighted by molar-refractivity contribution is 0.0950. The molecule has 0 aromatic heterocycles. The maximum absolute atomic E-state index is 12.1. The fourth-order valence-corrected chi connectivity index (χ4v) is 2.06. The highest BCUT2D eigenvalue weighted by Crippen LogP contribution is 2.12. The van der Waals surface area contributed by atoms with Crippen LogP contribution in [0.4, 0.5) is 0 Å². The normalized spacial score (nSPS) is 10.3. The highest BCUT2D eigenvalue weighted by molar-refractivity contribution is 5.94. The highest BCUT2D eigenvalue weighted by atomic mass is 16.5. The van der Waals surface area contributed by atoms with E-state index in [0.717, 1.165) is 11.3 Å². The topological polar surface area (TPSA) is 47.6 Å². The minimum absolute atomic E-state index is 0.0913. The number of benzene rings is 2. The van der Waals surface area contributed by atoms with Gasteiger partial charge in [0.2, 0.25) is 0 Å². The fourth-order valence-electron chi connectivity index (χ4n) is 2.06. The van der Waals surface area contributed by atoms with Gasteiger partial charge in [-0.05, 0) is 43.7 Å². The Kier molecular flexibility index (Phi) is 6.63. The Hall–Kier alpha value is -2.33. The number of amides is 1. The van der Waals surface area contributed by atoms with Crippen LogP contribution in [0.5, 0.6) is 5.75 Å². The zero-order valence-corrected chi connectivity index (χ0v) is 13.7. The average Bonchev–Trinajstić information content (AvgIpc) is 2.58. The summed E-state index contributed by atoms with van der Waals surface area (Å²) in [5.74, 6) is 0.645. The predicted molar refractivity (Wildman–Crippen MR) is 90.8 cm³/mol. The van der Waals surface area contributed by atoms with E-state index in [-0.39, 0.29) is 5.91 Å². The average molecular weight is 313 g/mol. The molecule has 4 heteroatoms. The van der Waals surface area contributed by atoms with Crippen LogP contribution in [-0.4, -0.2) is 25.7 Å². The Balaban J connectivity index is 1.81. The van der Waals surface area contributed by atoms with Crippen LogP contribution in [0.3, 0.4) is 0 Å². The third-order valence-corrected chi connectivity index (χ3v) is 3.39. The SMILES string of the molecule is CCOCCOc1ccc(C(=O)NCc2ccc(C)cc2)cc1. The molecular weight excluding hydrogens is 290 g/mol. The van der Waals surface area contributed by atoms with Gasteiger partial charge in [0.1, 0.15) is 12.4 Å². The second-order valence-electron chi connectivity index (χ2n) is 5.24. The van der Waals surface area contributed by atoms with Crippen LogP contribution in [-0.2, 0) is 11.3 Å². The van der Waals surface area contributed by atoms with Crippen molar-refractivity contribution in [1.29, 1.82) is 0 Å². The molecule has 0 saturated carbocycles. The monoisotopic (exact) mass is 313 g/mol.